The number of fused-ring (bicyclic) bond motifs is 1. The van der Waals surface area contributed by atoms with E-state index >= 15 is 0 Å². The molecular weight excluding hydrogens is 306 g/mol. The van der Waals surface area contributed by atoms with Gasteiger partial charge in [-0.25, -0.2) is 0 Å². The normalized spacial score (nSPS) is 21.5. The van der Waals surface area contributed by atoms with E-state index in [-0.39, 0.29) is 28.3 Å². The van der Waals surface area contributed by atoms with Gasteiger partial charge in [-0.2, -0.15) is 0 Å². The first-order valence-corrected chi connectivity index (χ1v) is 6.65. The van der Waals surface area contributed by atoms with Crippen molar-refractivity contribution in [3.63, 3.8) is 0 Å². The Morgan fingerprint density at radius 3 is 2.79 bits per heavy atom. The lowest BCUT2D eigenvalue weighted by Crippen LogP contribution is -2.37. The van der Waals surface area contributed by atoms with E-state index in [9.17, 15) is 5.11 Å². The van der Waals surface area contributed by atoms with Crippen LogP contribution in [0.2, 0.25) is 0 Å². The fourth-order valence-corrected chi connectivity index (χ4v) is 2.53. The smallest absolute Gasteiger partial charge is 0.164 e. The van der Waals surface area contributed by atoms with Crippen molar-refractivity contribution in [1.82, 2.24) is 4.90 Å². The summed E-state index contributed by atoms with van der Waals surface area (Å²) in [6, 6.07) is 5.62. The molecule has 19 heavy (non-hydrogen) atoms. The predicted octanol–water partition coefficient (Wildman–Crippen LogP) is 3.40. The van der Waals surface area contributed by atoms with Crippen LogP contribution < -0.4 is 4.74 Å². The van der Waals surface area contributed by atoms with Gasteiger partial charge in [-0.1, -0.05) is 12.1 Å². The highest BCUT2D eigenvalue weighted by Crippen LogP contribution is 2.40. The van der Waals surface area contributed by atoms with Crippen molar-refractivity contribution < 1.29 is 9.84 Å². The second-order valence-electron chi connectivity index (χ2n) is 5.72. The SMILES string of the molecule is Br.CN(C)CCCC1(C)CCc2cccc(O)c2O1. The highest BCUT2D eigenvalue weighted by atomic mass is 79.9. The van der Waals surface area contributed by atoms with Crippen molar-refractivity contribution in [2.45, 2.75) is 38.2 Å². The van der Waals surface area contributed by atoms with Gasteiger partial charge in [0.15, 0.2) is 11.5 Å². The van der Waals surface area contributed by atoms with Gasteiger partial charge in [0.25, 0.3) is 0 Å². The molecule has 1 aliphatic rings. The number of rotatable bonds is 4. The Morgan fingerprint density at radius 1 is 1.37 bits per heavy atom. The van der Waals surface area contributed by atoms with E-state index in [1.165, 1.54) is 0 Å². The summed E-state index contributed by atoms with van der Waals surface area (Å²) in [5, 5.41) is 9.87. The van der Waals surface area contributed by atoms with Crippen LogP contribution >= 0.6 is 17.0 Å². The second-order valence-corrected chi connectivity index (χ2v) is 5.72. The van der Waals surface area contributed by atoms with Gasteiger partial charge in [-0.05, 0) is 64.9 Å². The molecule has 1 heterocycles. The molecule has 108 valence electrons. The van der Waals surface area contributed by atoms with Crippen molar-refractivity contribution in [3.8, 4) is 11.5 Å². The molecule has 0 bridgehead atoms. The third kappa shape index (κ3) is 4.11. The number of para-hydroxylation sites is 1. The van der Waals surface area contributed by atoms with Crippen LogP contribution in [0.5, 0.6) is 11.5 Å². The molecule has 1 aromatic carbocycles. The summed E-state index contributed by atoms with van der Waals surface area (Å²) in [6.45, 7) is 3.23. The van der Waals surface area contributed by atoms with Crippen LogP contribution in [0.15, 0.2) is 18.2 Å². The second kappa shape index (κ2) is 6.62. The first kappa shape index (κ1) is 16.3. The van der Waals surface area contributed by atoms with E-state index in [0.717, 1.165) is 37.8 Å². The predicted molar refractivity (Wildman–Crippen MR) is 83.6 cm³/mol. The van der Waals surface area contributed by atoms with E-state index in [1.54, 1.807) is 6.07 Å². The van der Waals surface area contributed by atoms with Gasteiger partial charge in [0.2, 0.25) is 0 Å². The summed E-state index contributed by atoms with van der Waals surface area (Å²) < 4.78 is 6.06. The monoisotopic (exact) mass is 329 g/mol. The number of aryl methyl sites for hydroxylation is 1. The molecule has 0 saturated heterocycles. The molecule has 0 radical (unpaired) electrons. The van der Waals surface area contributed by atoms with Crippen molar-refractivity contribution >= 4 is 17.0 Å². The number of hydrogen-bond donors (Lipinski definition) is 1. The maximum Gasteiger partial charge on any atom is 0.164 e. The quantitative estimate of drug-likeness (QED) is 0.918. The van der Waals surface area contributed by atoms with Gasteiger partial charge in [0.1, 0.15) is 5.60 Å². The zero-order valence-corrected chi connectivity index (χ0v) is 13.7. The molecule has 1 atom stereocenters. The van der Waals surface area contributed by atoms with Gasteiger partial charge in [-0.15, -0.1) is 17.0 Å². The lowest BCUT2D eigenvalue weighted by molar-refractivity contribution is 0.0491. The minimum atomic E-state index is -0.137. The van der Waals surface area contributed by atoms with Gasteiger partial charge in [0.05, 0.1) is 0 Å². The molecule has 0 saturated carbocycles. The fraction of sp³-hybridized carbons (Fsp3) is 0.600. The molecule has 2 rings (SSSR count). The minimum Gasteiger partial charge on any atom is -0.504 e. The lowest BCUT2D eigenvalue weighted by atomic mass is 9.88. The number of phenolic OH excluding ortho intramolecular Hbond substituents is 1. The average molecular weight is 330 g/mol. The molecule has 0 amide bonds. The number of benzene rings is 1. The van der Waals surface area contributed by atoms with Crippen LogP contribution in [-0.2, 0) is 6.42 Å². The molecule has 0 aliphatic carbocycles. The fourth-order valence-electron chi connectivity index (χ4n) is 2.53. The van der Waals surface area contributed by atoms with Crippen LogP contribution in [0.3, 0.4) is 0 Å². The third-order valence-corrected chi connectivity index (χ3v) is 3.66. The molecule has 1 aromatic rings. The molecule has 3 nitrogen and oxygen atoms in total. The van der Waals surface area contributed by atoms with Crippen LogP contribution in [0.4, 0.5) is 0 Å². The van der Waals surface area contributed by atoms with Crippen LogP contribution in [-0.4, -0.2) is 36.2 Å². The summed E-state index contributed by atoms with van der Waals surface area (Å²) in [7, 11) is 4.18. The first-order valence-electron chi connectivity index (χ1n) is 6.65. The van der Waals surface area contributed by atoms with E-state index in [2.05, 4.69) is 25.9 Å². The maximum absolute atomic E-state index is 9.87. The van der Waals surface area contributed by atoms with Crippen LogP contribution in [0.25, 0.3) is 0 Å². The van der Waals surface area contributed by atoms with Gasteiger partial charge >= 0.3 is 0 Å². The average Bonchev–Trinajstić information content (AvgIpc) is 2.30. The highest BCUT2D eigenvalue weighted by molar-refractivity contribution is 8.93. The number of ether oxygens (including phenoxy) is 1. The molecular formula is C15H24BrNO2. The van der Waals surface area contributed by atoms with E-state index in [0.29, 0.717) is 5.75 Å². The van der Waals surface area contributed by atoms with E-state index < -0.39 is 0 Å². The molecule has 0 spiro atoms. The molecule has 4 heteroatoms. The Kier molecular flexibility index (Phi) is 5.68. The van der Waals surface area contributed by atoms with E-state index in [1.807, 2.05) is 12.1 Å². The van der Waals surface area contributed by atoms with Crippen molar-refractivity contribution in [3.05, 3.63) is 23.8 Å². The highest BCUT2D eigenvalue weighted by Gasteiger charge is 2.32. The van der Waals surface area contributed by atoms with Crippen LogP contribution in [0, 0.1) is 0 Å². The lowest BCUT2D eigenvalue weighted by Gasteiger charge is -2.36. The zero-order valence-electron chi connectivity index (χ0n) is 12.0. The zero-order chi connectivity index (χ0) is 13.2. The van der Waals surface area contributed by atoms with Gasteiger partial charge in [-0.3, -0.25) is 0 Å². The number of aromatic hydroxyl groups is 1. The van der Waals surface area contributed by atoms with Crippen molar-refractivity contribution in [2.75, 3.05) is 20.6 Å². The standard InChI is InChI=1S/C15H23NO2.BrH/c1-15(9-5-11-16(2)3)10-8-12-6-4-7-13(17)14(12)18-15;/h4,6-7,17H,5,8-11H2,1-3H3;1H. The van der Waals surface area contributed by atoms with Crippen LogP contribution in [0.1, 0.15) is 31.7 Å². The van der Waals surface area contributed by atoms with Gasteiger partial charge in [0, 0.05) is 0 Å². The third-order valence-electron chi connectivity index (χ3n) is 3.66. The molecule has 0 fully saturated rings. The Bertz CT molecular complexity index is 423. The topological polar surface area (TPSA) is 32.7 Å². The van der Waals surface area contributed by atoms with Crippen molar-refractivity contribution in [1.29, 1.82) is 0 Å². The molecule has 1 unspecified atom stereocenters. The Balaban J connectivity index is 0.00000180. The summed E-state index contributed by atoms with van der Waals surface area (Å²) in [4.78, 5) is 2.19. The number of halogens is 1. The van der Waals surface area contributed by atoms with Gasteiger partial charge < -0.3 is 14.7 Å². The summed E-state index contributed by atoms with van der Waals surface area (Å²) in [6.07, 6.45) is 4.16. The molecule has 1 aliphatic heterocycles. The largest absolute Gasteiger partial charge is 0.504 e. The van der Waals surface area contributed by atoms with Crippen molar-refractivity contribution in [2.24, 2.45) is 0 Å². The first-order chi connectivity index (χ1) is 8.50. The molecule has 1 N–H and O–H groups in total. The number of nitrogens with zero attached hydrogens (tertiary/aromatic N) is 1. The minimum absolute atomic E-state index is 0. The Hall–Kier alpha value is -0.740. The number of hydrogen-bond acceptors (Lipinski definition) is 3. The van der Waals surface area contributed by atoms with E-state index in [4.69, 9.17) is 4.74 Å². The summed E-state index contributed by atoms with van der Waals surface area (Å²) in [5.41, 5.74) is 0.988. The Morgan fingerprint density at radius 2 is 2.11 bits per heavy atom. The summed E-state index contributed by atoms with van der Waals surface area (Å²) >= 11 is 0. The maximum atomic E-state index is 9.87. The summed E-state index contributed by atoms with van der Waals surface area (Å²) in [5.74, 6) is 0.960. The number of phenols is 1. The molecule has 0 aromatic heterocycles. The Labute approximate surface area is 126 Å².